The topological polar surface area (TPSA) is 64.0 Å². The molecule has 1 aromatic carbocycles. The molecule has 130 valence electrons. The van der Waals surface area contributed by atoms with Gasteiger partial charge in [0.25, 0.3) is 5.56 Å². The second-order valence-electron chi connectivity index (χ2n) is 5.71. The molecule has 0 spiro atoms. The number of benzene rings is 1. The van der Waals surface area contributed by atoms with Crippen LogP contribution in [0, 0.1) is 13.8 Å². The molecule has 2 heterocycles. The zero-order valence-electron chi connectivity index (χ0n) is 13.8. The van der Waals surface area contributed by atoms with Crippen LogP contribution in [0.3, 0.4) is 0 Å². The Kier molecular flexibility index (Phi) is 4.86. The normalized spacial score (nSPS) is 12.4. The molecule has 8 heteroatoms. The molecular formula is C17H15Cl2N3O2S. The van der Waals surface area contributed by atoms with Crippen LogP contribution >= 0.6 is 34.5 Å². The lowest BCUT2D eigenvalue weighted by Gasteiger charge is -2.15. The first-order chi connectivity index (χ1) is 11.8. The van der Waals surface area contributed by atoms with Crippen molar-refractivity contribution in [3.05, 3.63) is 55.4 Å². The van der Waals surface area contributed by atoms with Crippen LogP contribution in [0.2, 0.25) is 10.0 Å². The van der Waals surface area contributed by atoms with Gasteiger partial charge in [-0.25, -0.2) is 4.98 Å². The van der Waals surface area contributed by atoms with Gasteiger partial charge < -0.3 is 5.32 Å². The number of thiophene rings is 1. The summed E-state index contributed by atoms with van der Waals surface area (Å²) in [4.78, 5) is 31.4. The van der Waals surface area contributed by atoms with E-state index in [-0.39, 0.29) is 11.5 Å². The summed E-state index contributed by atoms with van der Waals surface area (Å²) in [5.74, 6) is -0.378. The van der Waals surface area contributed by atoms with Crippen LogP contribution in [0.25, 0.3) is 10.2 Å². The van der Waals surface area contributed by atoms with Crippen LogP contribution in [-0.2, 0) is 4.79 Å². The van der Waals surface area contributed by atoms with Crippen LogP contribution in [0.1, 0.15) is 23.4 Å². The molecule has 0 aliphatic carbocycles. The summed E-state index contributed by atoms with van der Waals surface area (Å²) in [7, 11) is 0. The fourth-order valence-electron chi connectivity index (χ4n) is 2.48. The molecule has 2 aromatic heterocycles. The number of carbonyl (C=O) groups excluding carboxylic acids is 1. The number of halogens is 2. The van der Waals surface area contributed by atoms with E-state index in [1.165, 1.54) is 22.2 Å². The average Bonchev–Trinajstić information content (AvgIpc) is 2.86. The fraction of sp³-hybridized carbons (Fsp3) is 0.235. The Balaban J connectivity index is 1.96. The number of fused-ring (bicyclic) bond motifs is 1. The van der Waals surface area contributed by atoms with Gasteiger partial charge in [-0.3, -0.25) is 14.2 Å². The molecule has 0 fully saturated rings. The zero-order chi connectivity index (χ0) is 18.3. The lowest BCUT2D eigenvalue weighted by atomic mass is 10.2. The lowest BCUT2D eigenvalue weighted by molar-refractivity contribution is -0.118. The average molecular weight is 396 g/mol. The molecule has 3 rings (SSSR count). The second kappa shape index (κ2) is 6.78. The number of hydrogen-bond acceptors (Lipinski definition) is 4. The Hall–Kier alpha value is -1.89. The fourth-order valence-corrected chi connectivity index (χ4v) is 3.81. The third-order valence-corrected chi connectivity index (χ3v) is 5.78. The number of anilines is 1. The smallest absolute Gasteiger partial charge is 0.263 e. The number of amides is 1. The molecule has 0 bridgehead atoms. The minimum atomic E-state index is -0.751. The van der Waals surface area contributed by atoms with E-state index in [2.05, 4.69) is 10.3 Å². The van der Waals surface area contributed by atoms with Gasteiger partial charge >= 0.3 is 0 Å². The number of aryl methyl sites for hydroxylation is 2. The number of aromatic nitrogens is 2. The number of hydrogen-bond donors (Lipinski definition) is 1. The first-order valence-electron chi connectivity index (χ1n) is 7.52. The third-order valence-electron chi connectivity index (χ3n) is 4.10. The van der Waals surface area contributed by atoms with Crippen LogP contribution in [0.15, 0.2) is 29.3 Å². The van der Waals surface area contributed by atoms with E-state index in [1.54, 1.807) is 25.1 Å². The van der Waals surface area contributed by atoms with Crippen molar-refractivity contribution >= 4 is 56.3 Å². The first-order valence-corrected chi connectivity index (χ1v) is 9.09. The van der Waals surface area contributed by atoms with Gasteiger partial charge in [-0.2, -0.15) is 0 Å². The zero-order valence-corrected chi connectivity index (χ0v) is 16.1. The molecule has 25 heavy (non-hydrogen) atoms. The molecule has 1 N–H and O–H groups in total. The third kappa shape index (κ3) is 3.29. The van der Waals surface area contributed by atoms with E-state index in [4.69, 9.17) is 23.2 Å². The molecule has 1 amide bonds. The van der Waals surface area contributed by atoms with Crippen molar-refractivity contribution in [1.82, 2.24) is 9.55 Å². The van der Waals surface area contributed by atoms with Gasteiger partial charge in [-0.1, -0.05) is 23.2 Å². The minimum Gasteiger partial charge on any atom is -0.323 e. The van der Waals surface area contributed by atoms with E-state index in [0.717, 1.165) is 10.4 Å². The quantitative estimate of drug-likeness (QED) is 0.705. The Morgan fingerprint density at radius 1 is 1.32 bits per heavy atom. The number of nitrogens with zero attached hydrogens (tertiary/aromatic N) is 2. The largest absolute Gasteiger partial charge is 0.323 e. The highest BCUT2D eigenvalue weighted by molar-refractivity contribution is 7.18. The van der Waals surface area contributed by atoms with Crippen molar-refractivity contribution in [2.45, 2.75) is 26.8 Å². The van der Waals surface area contributed by atoms with Crippen LogP contribution in [0.4, 0.5) is 5.69 Å². The predicted octanol–water partition coefficient (Wildman–Crippen LogP) is 4.58. The highest BCUT2D eigenvalue weighted by atomic mass is 35.5. The SMILES string of the molecule is Cc1sc2ncn([C@H](C)C(=O)Nc3cc(Cl)ccc3Cl)c(=O)c2c1C. The van der Waals surface area contributed by atoms with E-state index >= 15 is 0 Å². The molecule has 0 saturated heterocycles. The molecule has 0 saturated carbocycles. The van der Waals surface area contributed by atoms with Gasteiger partial charge in [0.1, 0.15) is 10.9 Å². The molecule has 1 atom stereocenters. The van der Waals surface area contributed by atoms with E-state index < -0.39 is 6.04 Å². The summed E-state index contributed by atoms with van der Waals surface area (Å²) < 4.78 is 1.33. The van der Waals surface area contributed by atoms with Crippen LogP contribution in [0.5, 0.6) is 0 Å². The Morgan fingerprint density at radius 3 is 2.76 bits per heavy atom. The van der Waals surface area contributed by atoms with Crippen molar-refractivity contribution in [1.29, 1.82) is 0 Å². The summed E-state index contributed by atoms with van der Waals surface area (Å²) in [6.45, 7) is 5.47. The number of carbonyl (C=O) groups is 1. The van der Waals surface area contributed by atoms with Crippen molar-refractivity contribution in [2.24, 2.45) is 0 Å². The molecule has 0 unspecified atom stereocenters. The maximum atomic E-state index is 12.8. The molecule has 0 radical (unpaired) electrons. The van der Waals surface area contributed by atoms with Crippen molar-refractivity contribution in [3.63, 3.8) is 0 Å². The number of nitrogens with one attached hydrogen (secondary N) is 1. The summed E-state index contributed by atoms with van der Waals surface area (Å²) in [6.07, 6.45) is 1.41. The van der Waals surface area contributed by atoms with Gasteiger partial charge in [0.05, 0.1) is 22.4 Å². The minimum absolute atomic E-state index is 0.230. The van der Waals surface area contributed by atoms with E-state index in [9.17, 15) is 9.59 Å². The van der Waals surface area contributed by atoms with Crippen molar-refractivity contribution < 1.29 is 4.79 Å². The predicted molar refractivity (Wildman–Crippen MR) is 103 cm³/mol. The van der Waals surface area contributed by atoms with E-state index in [1.807, 2.05) is 13.8 Å². The molecule has 3 aromatic rings. The van der Waals surface area contributed by atoms with Gasteiger partial charge in [-0.15, -0.1) is 11.3 Å². The van der Waals surface area contributed by atoms with Gasteiger partial charge in [0.15, 0.2) is 0 Å². The van der Waals surface area contributed by atoms with E-state index in [0.29, 0.717) is 25.9 Å². The van der Waals surface area contributed by atoms with Crippen LogP contribution in [-0.4, -0.2) is 15.5 Å². The Labute approximate surface area is 158 Å². The summed E-state index contributed by atoms with van der Waals surface area (Å²) >= 11 is 13.5. The molecular weight excluding hydrogens is 381 g/mol. The summed E-state index contributed by atoms with van der Waals surface area (Å²) in [5, 5.41) is 4.09. The summed E-state index contributed by atoms with van der Waals surface area (Å²) in [6, 6.07) is 4.04. The van der Waals surface area contributed by atoms with Crippen molar-refractivity contribution in [2.75, 3.05) is 5.32 Å². The first kappa shape index (κ1) is 17.9. The highest BCUT2D eigenvalue weighted by Crippen LogP contribution is 2.27. The molecule has 0 aliphatic heterocycles. The highest BCUT2D eigenvalue weighted by Gasteiger charge is 2.20. The summed E-state index contributed by atoms with van der Waals surface area (Å²) in [5.41, 5.74) is 1.07. The van der Waals surface area contributed by atoms with Crippen LogP contribution < -0.4 is 10.9 Å². The monoisotopic (exact) mass is 395 g/mol. The van der Waals surface area contributed by atoms with Gasteiger partial charge in [0.2, 0.25) is 5.91 Å². The number of rotatable bonds is 3. The lowest BCUT2D eigenvalue weighted by Crippen LogP contribution is -2.31. The van der Waals surface area contributed by atoms with Gasteiger partial charge in [0, 0.05) is 9.90 Å². The van der Waals surface area contributed by atoms with Crippen molar-refractivity contribution in [3.8, 4) is 0 Å². The maximum Gasteiger partial charge on any atom is 0.263 e. The molecule has 0 aliphatic rings. The Bertz CT molecular complexity index is 1040. The Morgan fingerprint density at radius 2 is 2.04 bits per heavy atom. The standard InChI is InChI=1S/C17H15Cl2N3O2S/c1-8-10(3)25-16-14(8)17(24)22(7-20-16)9(2)15(23)21-13-6-11(18)4-5-12(13)19/h4-7,9H,1-3H3,(H,21,23)/t9-/m1/s1. The van der Waals surface area contributed by atoms with Gasteiger partial charge in [-0.05, 0) is 44.5 Å². The molecule has 5 nitrogen and oxygen atoms in total. The second-order valence-corrected chi connectivity index (χ2v) is 7.76. The maximum absolute atomic E-state index is 12.8.